The van der Waals surface area contributed by atoms with Gasteiger partial charge in [0, 0.05) is 6.04 Å². The Bertz CT molecular complexity index is 464. The summed E-state index contributed by atoms with van der Waals surface area (Å²) in [4.78, 5) is 12.4. The second-order valence-electron chi connectivity index (χ2n) is 6.27. The lowest BCUT2D eigenvalue weighted by Gasteiger charge is -2.23. The number of hydrogen-bond donors (Lipinski definition) is 1. The molecule has 3 heteroatoms. The molecule has 1 atom stereocenters. The monoisotopic (exact) mass is 303 g/mol. The molecule has 0 radical (unpaired) electrons. The highest BCUT2D eigenvalue weighted by molar-refractivity contribution is 5.81. The predicted octanol–water partition coefficient (Wildman–Crippen LogP) is 4.25. The second-order valence-corrected chi connectivity index (χ2v) is 6.27. The molecule has 0 heterocycles. The van der Waals surface area contributed by atoms with Gasteiger partial charge in [0.05, 0.1) is 0 Å². The van der Waals surface area contributed by atoms with E-state index in [0.29, 0.717) is 6.04 Å². The van der Waals surface area contributed by atoms with Crippen molar-refractivity contribution in [2.24, 2.45) is 0 Å². The van der Waals surface area contributed by atoms with E-state index in [0.717, 1.165) is 30.6 Å². The summed E-state index contributed by atoms with van der Waals surface area (Å²) < 4.78 is 5.88. The number of para-hydroxylation sites is 1. The fourth-order valence-corrected chi connectivity index (χ4v) is 3.07. The van der Waals surface area contributed by atoms with Gasteiger partial charge in [0.25, 0.3) is 5.91 Å². The number of ether oxygens (including phenoxy) is 1. The first-order chi connectivity index (χ1) is 10.7. The van der Waals surface area contributed by atoms with E-state index in [4.69, 9.17) is 4.74 Å². The zero-order valence-corrected chi connectivity index (χ0v) is 13.9. The Balaban J connectivity index is 1.88. The van der Waals surface area contributed by atoms with E-state index in [1.165, 1.54) is 32.1 Å². The van der Waals surface area contributed by atoms with Crippen LogP contribution in [0.5, 0.6) is 5.75 Å². The molecule has 0 spiro atoms. The summed E-state index contributed by atoms with van der Waals surface area (Å²) in [6.45, 7) is 3.94. The van der Waals surface area contributed by atoms with Gasteiger partial charge in [0.2, 0.25) is 0 Å². The van der Waals surface area contributed by atoms with Crippen LogP contribution in [0.1, 0.15) is 64.4 Å². The molecule has 3 nitrogen and oxygen atoms in total. The SMILES string of the molecule is CCc1ccccc1O[C@H](C)C(=O)NC1CCCCCCC1. The van der Waals surface area contributed by atoms with Crippen LogP contribution in [-0.4, -0.2) is 18.1 Å². The van der Waals surface area contributed by atoms with Crippen LogP contribution in [0.25, 0.3) is 0 Å². The van der Waals surface area contributed by atoms with Gasteiger partial charge in [0.1, 0.15) is 5.75 Å². The Kier molecular flexibility index (Phi) is 6.75. The number of nitrogens with one attached hydrogen (secondary N) is 1. The van der Waals surface area contributed by atoms with Crippen molar-refractivity contribution in [1.29, 1.82) is 0 Å². The molecule has 22 heavy (non-hydrogen) atoms. The van der Waals surface area contributed by atoms with Crippen LogP contribution in [0, 0.1) is 0 Å². The molecule has 122 valence electrons. The number of hydrogen-bond acceptors (Lipinski definition) is 2. The van der Waals surface area contributed by atoms with Crippen molar-refractivity contribution in [3.05, 3.63) is 29.8 Å². The first-order valence-electron chi connectivity index (χ1n) is 8.75. The number of benzene rings is 1. The molecule has 1 saturated carbocycles. The smallest absolute Gasteiger partial charge is 0.260 e. The molecular weight excluding hydrogens is 274 g/mol. The first-order valence-corrected chi connectivity index (χ1v) is 8.75. The molecule has 0 bridgehead atoms. The first kappa shape index (κ1) is 16.9. The van der Waals surface area contributed by atoms with E-state index >= 15 is 0 Å². The minimum atomic E-state index is -0.446. The Hall–Kier alpha value is -1.51. The van der Waals surface area contributed by atoms with Gasteiger partial charge in [-0.25, -0.2) is 0 Å². The highest BCUT2D eigenvalue weighted by atomic mass is 16.5. The minimum Gasteiger partial charge on any atom is -0.481 e. The van der Waals surface area contributed by atoms with Gasteiger partial charge in [-0.05, 0) is 37.8 Å². The third-order valence-corrected chi connectivity index (χ3v) is 4.48. The molecule has 1 fully saturated rings. The molecule has 1 aliphatic carbocycles. The van der Waals surface area contributed by atoms with Crippen molar-refractivity contribution < 1.29 is 9.53 Å². The molecule has 1 aliphatic rings. The normalized spacial score (nSPS) is 18.1. The van der Waals surface area contributed by atoms with Crippen molar-refractivity contribution in [3.63, 3.8) is 0 Å². The van der Waals surface area contributed by atoms with Gasteiger partial charge in [-0.1, -0.05) is 57.2 Å². The fourth-order valence-electron chi connectivity index (χ4n) is 3.07. The number of amides is 1. The molecular formula is C19H29NO2. The van der Waals surface area contributed by atoms with Gasteiger partial charge in [-0.15, -0.1) is 0 Å². The molecule has 0 saturated heterocycles. The lowest BCUT2D eigenvalue weighted by Crippen LogP contribution is -2.42. The molecule has 1 amide bonds. The predicted molar refractivity (Wildman–Crippen MR) is 90.2 cm³/mol. The van der Waals surface area contributed by atoms with E-state index < -0.39 is 6.10 Å². The second kappa shape index (κ2) is 8.82. The van der Waals surface area contributed by atoms with Crippen LogP contribution >= 0.6 is 0 Å². The summed E-state index contributed by atoms with van der Waals surface area (Å²) in [7, 11) is 0. The van der Waals surface area contributed by atoms with Crippen LogP contribution in [0.2, 0.25) is 0 Å². The minimum absolute atomic E-state index is 0.0106. The standard InChI is InChI=1S/C19H29NO2/c1-3-16-11-9-10-14-18(16)22-15(2)19(21)20-17-12-7-5-4-6-8-13-17/h9-11,14-15,17H,3-8,12-13H2,1-2H3,(H,20,21)/t15-/m1/s1. The zero-order valence-electron chi connectivity index (χ0n) is 13.9. The number of carbonyl (C=O) groups is 1. The number of carbonyl (C=O) groups excluding carboxylic acids is 1. The quantitative estimate of drug-likeness (QED) is 0.883. The van der Waals surface area contributed by atoms with E-state index in [2.05, 4.69) is 18.3 Å². The molecule has 1 aromatic carbocycles. The highest BCUT2D eigenvalue weighted by Gasteiger charge is 2.20. The van der Waals surface area contributed by atoms with Gasteiger partial charge >= 0.3 is 0 Å². The van der Waals surface area contributed by atoms with Gasteiger partial charge < -0.3 is 10.1 Å². The molecule has 1 N–H and O–H groups in total. The Morgan fingerprint density at radius 1 is 1.18 bits per heavy atom. The molecule has 0 aliphatic heterocycles. The maximum Gasteiger partial charge on any atom is 0.260 e. The Labute approximate surface area is 134 Å². The van der Waals surface area contributed by atoms with Crippen LogP contribution in [0.4, 0.5) is 0 Å². The van der Waals surface area contributed by atoms with E-state index in [9.17, 15) is 4.79 Å². The lowest BCUT2D eigenvalue weighted by atomic mass is 9.96. The van der Waals surface area contributed by atoms with Crippen molar-refractivity contribution >= 4 is 5.91 Å². The van der Waals surface area contributed by atoms with Crippen LogP contribution in [0.15, 0.2) is 24.3 Å². The maximum absolute atomic E-state index is 12.4. The van der Waals surface area contributed by atoms with Crippen molar-refractivity contribution in [2.45, 2.75) is 77.4 Å². The van der Waals surface area contributed by atoms with Crippen molar-refractivity contribution in [2.75, 3.05) is 0 Å². The van der Waals surface area contributed by atoms with Crippen molar-refractivity contribution in [3.8, 4) is 5.75 Å². The molecule has 0 aromatic heterocycles. The average molecular weight is 303 g/mol. The average Bonchev–Trinajstić information content (AvgIpc) is 2.50. The van der Waals surface area contributed by atoms with Crippen LogP contribution in [-0.2, 0) is 11.2 Å². The van der Waals surface area contributed by atoms with Gasteiger partial charge in [0.15, 0.2) is 6.10 Å². The number of aryl methyl sites for hydroxylation is 1. The summed E-state index contributed by atoms with van der Waals surface area (Å²) in [6, 6.07) is 8.27. The third kappa shape index (κ3) is 5.04. The maximum atomic E-state index is 12.4. The number of rotatable bonds is 5. The van der Waals surface area contributed by atoms with Crippen LogP contribution < -0.4 is 10.1 Å². The topological polar surface area (TPSA) is 38.3 Å². The lowest BCUT2D eigenvalue weighted by molar-refractivity contribution is -0.128. The van der Waals surface area contributed by atoms with Gasteiger partial charge in [-0.3, -0.25) is 4.79 Å². The summed E-state index contributed by atoms with van der Waals surface area (Å²) in [5.74, 6) is 0.835. The largest absolute Gasteiger partial charge is 0.481 e. The Morgan fingerprint density at radius 3 is 2.50 bits per heavy atom. The summed E-state index contributed by atoms with van der Waals surface area (Å²) >= 11 is 0. The van der Waals surface area contributed by atoms with Crippen molar-refractivity contribution in [1.82, 2.24) is 5.32 Å². The van der Waals surface area contributed by atoms with Gasteiger partial charge in [-0.2, -0.15) is 0 Å². The molecule has 1 aromatic rings. The third-order valence-electron chi connectivity index (χ3n) is 4.48. The highest BCUT2D eigenvalue weighted by Crippen LogP contribution is 2.20. The van der Waals surface area contributed by atoms with E-state index in [-0.39, 0.29) is 5.91 Å². The fraction of sp³-hybridized carbons (Fsp3) is 0.632. The summed E-state index contributed by atoms with van der Waals surface area (Å²) in [5.41, 5.74) is 1.15. The molecule has 0 unspecified atom stereocenters. The van der Waals surface area contributed by atoms with E-state index in [1.807, 2.05) is 25.1 Å². The van der Waals surface area contributed by atoms with Crippen LogP contribution in [0.3, 0.4) is 0 Å². The van der Waals surface area contributed by atoms with E-state index in [1.54, 1.807) is 0 Å². The summed E-state index contributed by atoms with van der Waals surface area (Å²) in [6.07, 6.45) is 9.04. The summed E-state index contributed by atoms with van der Waals surface area (Å²) in [5, 5.41) is 3.18. The zero-order chi connectivity index (χ0) is 15.8. The Morgan fingerprint density at radius 2 is 1.82 bits per heavy atom. The molecule has 2 rings (SSSR count).